The minimum Gasteiger partial charge on any atom is -0.317 e. The van der Waals surface area contributed by atoms with Gasteiger partial charge in [0, 0.05) is 17.1 Å². The monoisotopic (exact) mass is 272 g/mol. The number of aromatic nitrogens is 1. The van der Waals surface area contributed by atoms with Gasteiger partial charge < -0.3 is 4.57 Å². The van der Waals surface area contributed by atoms with Crippen LogP contribution in [0.2, 0.25) is 0 Å². The molecule has 2 aromatic rings. The van der Waals surface area contributed by atoms with Crippen LogP contribution >= 0.6 is 0 Å². The zero-order valence-corrected chi connectivity index (χ0v) is 12.4. The molecule has 106 valence electrons. The molecule has 1 amide bonds. The van der Waals surface area contributed by atoms with E-state index in [1.54, 1.807) is 0 Å². The second kappa shape index (κ2) is 5.92. The number of hydroxylamine groups is 1. The Hall–Kier alpha value is -2.07. The zero-order valence-electron chi connectivity index (χ0n) is 12.4. The van der Waals surface area contributed by atoms with E-state index >= 15 is 0 Å². The van der Waals surface area contributed by atoms with Crippen molar-refractivity contribution in [2.24, 2.45) is 0 Å². The summed E-state index contributed by atoms with van der Waals surface area (Å²) in [5.74, 6) is -0.209. The predicted octanol–water partition coefficient (Wildman–Crippen LogP) is 3.08. The van der Waals surface area contributed by atoms with Crippen LogP contribution in [-0.2, 0) is 4.84 Å². The van der Waals surface area contributed by atoms with Crippen molar-refractivity contribution in [1.29, 1.82) is 0 Å². The van der Waals surface area contributed by atoms with Crippen LogP contribution in [0.5, 0.6) is 0 Å². The third-order valence-electron chi connectivity index (χ3n) is 3.34. The molecule has 2 rings (SSSR count). The molecule has 0 fully saturated rings. The number of hydrogen-bond donors (Lipinski definition) is 1. The van der Waals surface area contributed by atoms with Gasteiger partial charge in [0.05, 0.1) is 12.2 Å². The molecule has 0 aliphatic heterocycles. The minimum atomic E-state index is -0.209. The van der Waals surface area contributed by atoms with E-state index in [0.717, 1.165) is 17.1 Å². The van der Waals surface area contributed by atoms with Crippen molar-refractivity contribution >= 4 is 5.91 Å². The van der Waals surface area contributed by atoms with Gasteiger partial charge in [0.25, 0.3) is 5.91 Å². The molecule has 0 bridgehead atoms. The van der Waals surface area contributed by atoms with Crippen molar-refractivity contribution in [3.8, 4) is 5.69 Å². The first-order chi connectivity index (χ1) is 9.56. The summed E-state index contributed by atoms with van der Waals surface area (Å²) in [6.45, 7) is 8.28. The van der Waals surface area contributed by atoms with Crippen LogP contribution in [0.3, 0.4) is 0 Å². The number of nitrogens with zero attached hydrogens (tertiary/aromatic N) is 1. The number of aryl methyl sites for hydroxylation is 2. The van der Waals surface area contributed by atoms with Crippen LogP contribution in [0.25, 0.3) is 5.69 Å². The van der Waals surface area contributed by atoms with Crippen LogP contribution in [-0.4, -0.2) is 17.1 Å². The molecule has 1 aromatic heterocycles. The third-order valence-corrected chi connectivity index (χ3v) is 3.34. The van der Waals surface area contributed by atoms with E-state index in [2.05, 4.69) is 29.1 Å². The van der Waals surface area contributed by atoms with E-state index in [9.17, 15) is 4.79 Å². The molecule has 0 radical (unpaired) electrons. The number of benzene rings is 1. The van der Waals surface area contributed by atoms with Crippen molar-refractivity contribution in [3.63, 3.8) is 0 Å². The van der Waals surface area contributed by atoms with Gasteiger partial charge in [-0.2, -0.15) is 0 Å². The number of nitrogens with one attached hydrogen (secondary N) is 1. The average Bonchev–Trinajstić information content (AvgIpc) is 2.72. The van der Waals surface area contributed by atoms with Crippen molar-refractivity contribution in [3.05, 3.63) is 52.8 Å². The predicted molar refractivity (Wildman–Crippen MR) is 79.1 cm³/mol. The van der Waals surface area contributed by atoms with E-state index in [1.165, 1.54) is 5.56 Å². The molecule has 0 saturated heterocycles. The summed E-state index contributed by atoms with van der Waals surface area (Å²) in [6.07, 6.45) is 0. The molecule has 0 saturated carbocycles. The minimum absolute atomic E-state index is 0.209. The smallest absolute Gasteiger partial charge is 0.276 e. The molecule has 4 heteroatoms. The Morgan fingerprint density at radius 3 is 2.60 bits per heavy atom. The average molecular weight is 272 g/mol. The molecular formula is C16H20N2O2. The first kappa shape index (κ1) is 14.3. The lowest BCUT2D eigenvalue weighted by Gasteiger charge is -2.12. The van der Waals surface area contributed by atoms with Crippen LogP contribution in [0.15, 0.2) is 30.3 Å². The standard InChI is InChI=1S/C16H20N2O2/c1-5-20-17-16(19)14-10-12(3)18(13(14)4)15-9-7-6-8-11(15)2/h6-10H,5H2,1-4H3,(H,17,19). The summed E-state index contributed by atoms with van der Waals surface area (Å²) in [6, 6.07) is 10.0. The van der Waals surface area contributed by atoms with Crippen LogP contribution < -0.4 is 5.48 Å². The highest BCUT2D eigenvalue weighted by Crippen LogP contribution is 2.23. The molecule has 0 unspecified atom stereocenters. The van der Waals surface area contributed by atoms with Gasteiger partial charge in [0.1, 0.15) is 0 Å². The fourth-order valence-electron chi connectivity index (χ4n) is 2.37. The molecule has 4 nitrogen and oxygen atoms in total. The zero-order chi connectivity index (χ0) is 14.7. The lowest BCUT2D eigenvalue weighted by atomic mass is 10.2. The van der Waals surface area contributed by atoms with Crippen molar-refractivity contribution in [1.82, 2.24) is 10.0 Å². The van der Waals surface area contributed by atoms with Crippen LogP contribution in [0.1, 0.15) is 34.2 Å². The molecule has 1 heterocycles. The number of para-hydroxylation sites is 1. The highest BCUT2D eigenvalue weighted by Gasteiger charge is 2.17. The highest BCUT2D eigenvalue weighted by molar-refractivity contribution is 5.95. The lowest BCUT2D eigenvalue weighted by Crippen LogP contribution is -2.24. The first-order valence-corrected chi connectivity index (χ1v) is 6.73. The van der Waals surface area contributed by atoms with Gasteiger partial charge in [0.2, 0.25) is 0 Å². The molecular weight excluding hydrogens is 252 g/mol. The van der Waals surface area contributed by atoms with Gasteiger partial charge in [-0.15, -0.1) is 0 Å². The van der Waals surface area contributed by atoms with Gasteiger partial charge in [-0.05, 0) is 45.4 Å². The van der Waals surface area contributed by atoms with E-state index in [1.807, 2.05) is 39.0 Å². The largest absolute Gasteiger partial charge is 0.317 e. The van der Waals surface area contributed by atoms with E-state index in [0.29, 0.717) is 12.2 Å². The number of carbonyl (C=O) groups is 1. The van der Waals surface area contributed by atoms with E-state index in [4.69, 9.17) is 4.84 Å². The fraction of sp³-hybridized carbons (Fsp3) is 0.312. The Morgan fingerprint density at radius 2 is 1.95 bits per heavy atom. The Kier molecular flexibility index (Phi) is 4.25. The maximum atomic E-state index is 12.1. The van der Waals surface area contributed by atoms with E-state index < -0.39 is 0 Å². The van der Waals surface area contributed by atoms with Gasteiger partial charge in [-0.1, -0.05) is 18.2 Å². The summed E-state index contributed by atoms with van der Waals surface area (Å²) in [5, 5.41) is 0. The second-order valence-electron chi connectivity index (χ2n) is 4.77. The van der Waals surface area contributed by atoms with Gasteiger partial charge in [0.15, 0.2) is 0 Å². The first-order valence-electron chi connectivity index (χ1n) is 6.73. The van der Waals surface area contributed by atoms with Crippen molar-refractivity contribution in [2.45, 2.75) is 27.7 Å². The summed E-state index contributed by atoms with van der Waals surface area (Å²) in [4.78, 5) is 17.0. The topological polar surface area (TPSA) is 43.3 Å². The maximum absolute atomic E-state index is 12.1. The van der Waals surface area contributed by atoms with Crippen molar-refractivity contribution < 1.29 is 9.63 Å². The summed E-state index contributed by atoms with van der Waals surface area (Å²) in [5.41, 5.74) is 7.29. The summed E-state index contributed by atoms with van der Waals surface area (Å²) in [7, 11) is 0. The number of amides is 1. The van der Waals surface area contributed by atoms with E-state index in [-0.39, 0.29) is 5.91 Å². The Labute approximate surface area is 119 Å². The third kappa shape index (κ3) is 2.60. The second-order valence-corrected chi connectivity index (χ2v) is 4.77. The Balaban J connectivity index is 2.45. The fourth-order valence-corrected chi connectivity index (χ4v) is 2.37. The number of hydrogen-bond acceptors (Lipinski definition) is 2. The Bertz CT molecular complexity index is 629. The summed E-state index contributed by atoms with van der Waals surface area (Å²) < 4.78 is 2.09. The maximum Gasteiger partial charge on any atom is 0.276 e. The van der Waals surface area contributed by atoms with Crippen molar-refractivity contribution in [2.75, 3.05) is 6.61 Å². The lowest BCUT2D eigenvalue weighted by molar-refractivity contribution is 0.0364. The SMILES string of the molecule is CCONC(=O)c1cc(C)n(-c2ccccc2C)c1C. The number of rotatable bonds is 4. The quantitative estimate of drug-likeness (QED) is 0.869. The van der Waals surface area contributed by atoms with Crippen LogP contribution in [0.4, 0.5) is 0 Å². The van der Waals surface area contributed by atoms with Gasteiger partial charge >= 0.3 is 0 Å². The van der Waals surface area contributed by atoms with Crippen LogP contribution in [0, 0.1) is 20.8 Å². The molecule has 0 aliphatic carbocycles. The molecule has 1 N–H and O–H groups in total. The molecule has 0 atom stereocenters. The van der Waals surface area contributed by atoms with Gasteiger partial charge in [-0.25, -0.2) is 5.48 Å². The molecule has 0 spiro atoms. The summed E-state index contributed by atoms with van der Waals surface area (Å²) >= 11 is 0. The normalized spacial score (nSPS) is 10.6. The number of carbonyl (C=O) groups excluding carboxylic acids is 1. The van der Waals surface area contributed by atoms with Gasteiger partial charge in [-0.3, -0.25) is 9.63 Å². The highest BCUT2D eigenvalue weighted by atomic mass is 16.6. The molecule has 0 aliphatic rings. The Morgan fingerprint density at radius 1 is 1.25 bits per heavy atom. The molecule has 20 heavy (non-hydrogen) atoms. The molecule has 1 aromatic carbocycles.